The molecule has 0 aromatic heterocycles. The van der Waals surface area contributed by atoms with Gasteiger partial charge in [0.05, 0.1) is 23.4 Å². The number of halogens is 2. The fourth-order valence-electron chi connectivity index (χ4n) is 2.54. The van der Waals surface area contributed by atoms with Crippen LogP contribution in [0.3, 0.4) is 0 Å². The third-order valence-corrected chi connectivity index (χ3v) is 4.62. The van der Waals surface area contributed by atoms with Crippen LogP contribution in [-0.4, -0.2) is 22.8 Å². The van der Waals surface area contributed by atoms with E-state index >= 15 is 0 Å². The molecule has 7 heteroatoms. The van der Waals surface area contributed by atoms with Crippen LogP contribution in [-0.2, 0) is 11.3 Å². The van der Waals surface area contributed by atoms with Gasteiger partial charge in [-0.15, -0.1) is 0 Å². The largest absolute Gasteiger partial charge is 0.478 e. The highest BCUT2D eigenvalue weighted by Crippen LogP contribution is 2.39. The maximum absolute atomic E-state index is 12.3. The lowest BCUT2D eigenvalue weighted by molar-refractivity contribution is -0.114. The van der Waals surface area contributed by atoms with Crippen LogP contribution in [0.1, 0.15) is 26.3 Å². The topological polar surface area (TPSA) is 74.7 Å². The van der Waals surface area contributed by atoms with E-state index in [1.54, 1.807) is 30.3 Å². The number of Topliss-reactive ketones (excluding diaryl/α,β-unsaturated/α-hetero) is 1. The molecule has 0 fully saturated rings. The van der Waals surface area contributed by atoms with Gasteiger partial charge in [-0.2, -0.15) is 0 Å². The zero-order valence-corrected chi connectivity index (χ0v) is 14.7. The molecular weight excluding hydrogens is 430 g/mol. The summed E-state index contributed by atoms with van der Waals surface area (Å²) < 4.78 is 1.27. The van der Waals surface area contributed by atoms with E-state index in [9.17, 15) is 19.5 Å². The van der Waals surface area contributed by atoms with E-state index in [-0.39, 0.29) is 12.1 Å². The van der Waals surface area contributed by atoms with Gasteiger partial charge in [0.15, 0.2) is 0 Å². The Hall–Kier alpha value is -1.99. The van der Waals surface area contributed by atoms with E-state index < -0.39 is 17.7 Å². The van der Waals surface area contributed by atoms with Crippen molar-refractivity contribution in [3.8, 4) is 0 Å². The molecule has 5 nitrogen and oxygen atoms in total. The van der Waals surface area contributed by atoms with Crippen molar-refractivity contribution >= 4 is 55.2 Å². The number of fused-ring (bicyclic) bond motifs is 1. The van der Waals surface area contributed by atoms with E-state index in [0.29, 0.717) is 25.8 Å². The van der Waals surface area contributed by atoms with Crippen LogP contribution in [0.2, 0.25) is 0 Å². The number of carbonyl (C=O) groups is 3. The molecule has 0 aliphatic carbocycles. The minimum Gasteiger partial charge on any atom is -0.478 e. The van der Waals surface area contributed by atoms with Crippen LogP contribution in [0, 0.1) is 0 Å². The molecular formula is C16H9Br2NO4. The molecule has 3 rings (SSSR count). The van der Waals surface area contributed by atoms with Crippen molar-refractivity contribution in [1.29, 1.82) is 0 Å². The Bertz CT molecular complexity index is 863. The predicted octanol–water partition coefficient (Wildman–Crippen LogP) is 3.64. The Labute approximate surface area is 148 Å². The average Bonchev–Trinajstić information content (AvgIpc) is 2.73. The van der Waals surface area contributed by atoms with Crippen LogP contribution < -0.4 is 4.90 Å². The molecule has 1 amide bonds. The minimum absolute atomic E-state index is 0.0142. The fraction of sp³-hybridized carbons (Fsp3) is 0.0625. The first-order chi connectivity index (χ1) is 10.9. The van der Waals surface area contributed by atoms with Gasteiger partial charge < -0.3 is 5.11 Å². The van der Waals surface area contributed by atoms with Crippen molar-refractivity contribution in [3.05, 3.63) is 62.0 Å². The molecule has 1 heterocycles. The fourth-order valence-corrected chi connectivity index (χ4v) is 3.98. The summed E-state index contributed by atoms with van der Waals surface area (Å²) in [7, 11) is 0. The summed E-state index contributed by atoms with van der Waals surface area (Å²) in [6, 6.07) is 9.74. The number of carboxylic acid groups (broad SMARTS) is 1. The normalized spacial score (nSPS) is 13.4. The monoisotopic (exact) mass is 437 g/mol. The quantitative estimate of drug-likeness (QED) is 0.742. The van der Waals surface area contributed by atoms with Crippen molar-refractivity contribution < 1.29 is 19.5 Å². The summed E-state index contributed by atoms with van der Waals surface area (Å²) in [6.45, 7) is 0.0142. The molecule has 0 radical (unpaired) electrons. The number of nitrogens with zero attached hydrogens (tertiary/aromatic N) is 1. The molecule has 1 N–H and O–H groups in total. The van der Waals surface area contributed by atoms with Gasteiger partial charge in [0.2, 0.25) is 0 Å². The molecule has 1 aliphatic heterocycles. The summed E-state index contributed by atoms with van der Waals surface area (Å²) in [5, 5.41) is 9.26. The number of carbonyl (C=O) groups excluding carboxylic acids is 2. The second-order valence-corrected chi connectivity index (χ2v) is 6.74. The van der Waals surface area contributed by atoms with Gasteiger partial charge in [0.25, 0.3) is 11.7 Å². The van der Waals surface area contributed by atoms with Gasteiger partial charge in [0, 0.05) is 8.95 Å². The highest BCUT2D eigenvalue weighted by Gasteiger charge is 2.38. The second-order valence-electron chi connectivity index (χ2n) is 4.97. The van der Waals surface area contributed by atoms with Crippen LogP contribution in [0.4, 0.5) is 5.69 Å². The average molecular weight is 439 g/mol. The number of aromatic carboxylic acids is 1. The van der Waals surface area contributed by atoms with Crippen molar-refractivity contribution in [2.45, 2.75) is 6.54 Å². The zero-order chi connectivity index (χ0) is 16.7. The molecule has 0 atom stereocenters. The van der Waals surface area contributed by atoms with E-state index in [2.05, 4.69) is 31.9 Å². The van der Waals surface area contributed by atoms with Gasteiger partial charge in [-0.3, -0.25) is 14.5 Å². The number of carboxylic acids is 1. The summed E-state index contributed by atoms with van der Waals surface area (Å²) >= 11 is 6.65. The molecule has 1 aliphatic rings. The molecule has 0 spiro atoms. The van der Waals surface area contributed by atoms with Crippen molar-refractivity contribution in [3.63, 3.8) is 0 Å². The smallest absolute Gasteiger partial charge is 0.336 e. The standard InChI is InChI=1S/C16H9Br2NO4/c17-9-5-11-13(12(18)6-9)19(15(21)14(11)20)7-8-3-1-2-4-10(8)16(22)23/h1-6H,7H2,(H,22,23). The van der Waals surface area contributed by atoms with Gasteiger partial charge in [0.1, 0.15) is 0 Å². The maximum atomic E-state index is 12.3. The molecule has 0 bridgehead atoms. The minimum atomic E-state index is -1.08. The van der Waals surface area contributed by atoms with Crippen molar-refractivity contribution in [2.75, 3.05) is 4.90 Å². The number of ketones is 1. The predicted molar refractivity (Wildman–Crippen MR) is 90.8 cm³/mol. The number of hydrogen-bond acceptors (Lipinski definition) is 3. The summed E-state index contributed by atoms with van der Waals surface area (Å²) in [5.74, 6) is -2.34. The van der Waals surface area contributed by atoms with Gasteiger partial charge >= 0.3 is 5.97 Å². The molecule has 23 heavy (non-hydrogen) atoms. The van der Waals surface area contributed by atoms with Gasteiger partial charge in [-0.25, -0.2) is 4.79 Å². The SMILES string of the molecule is O=C(O)c1ccccc1CN1C(=O)C(=O)c2cc(Br)cc(Br)c21. The molecule has 116 valence electrons. The first-order valence-corrected chi connectivity index (χ1v) is 8.15. The third-order valence-electron chi connectivity index (χ3n) is 3.56. The van der Waals surface area contributed by atoms with E-state index in [1.807, 2.05) is 0 Å². The lowest BCUT2D eigenvalue weighted by atomic mass is 10.1. The van der Waals surface area contributed by atoms with Crippen LogP contribution in [0.5, 0.6) is 0 Å². The second kappa shape index (κ2) is 5.90. The lowest BCUT2D eigenvalue weighted by Gasteiger charge is -2.19. The van der Waals surface area contributed by atoms with Gasteiger partial charge in [-0.1, -0.05) is 34.1 Å². The van der Waals surface area contributed by atoms with Crippen molar-refractivity contribution in [2.24, 2.45) is 0 Å². The van der Waals surface area contributed by atoms with Crippen molar-refractivity contribution in [1.82, 2.24) is 0 Å². The molecule has 2 aromatic carbocycles. The summed E-state index contributed by atoms with van der Waals surface area (Å²) in [4.78, 5) is 37.1. The Morgan fingerprint density at radius 1 is 1.13 bits per heavy atom. The maximum Gasteiger partial charge on any atom is 0.336 e. The Morgan fingerprint density at radius 2 is 1.83 bits per heavy atom. The van der Waals surface area contributed by atoms with Crippen LogP contribution in [0.25, 0.3) is 0 Å². The van der Waals surface area contributed by atoms with E-state index in [4.69, 9.17) is 0 Å². The third kappa shape index (κ3) is 2.70. The van der Waals surface area contributed by atoms with E-state index in [0.717, 1.165) is 0 Å². The molecule has 0 unspecified atom stereocenters. The first kappa shape index (κ1) is 15.9. The Morgan fingerprint density at radius 3 is 2.52 bits per heavy atom. The highest BCUT2D eigenvalue weighted by molar-refractivity contribution is 9.11. The van der Waals surface area contributed by atoms with Crippen LogP contribution in [0.15, 0.2) is 45.3 Å². The van der Waals surface area contributed by atoms with E-state index in [1.165, 1.54) is 11.0 Å². The van der Waals surface area contributed by atoms with Gasteiger partial charge in [-0.05, 0) is 39.7 Å². The number of amides is 1. The molecule has 0 saturated carbocycles. The number of anilines is 1. The lowest BCUT2D eigenvalue weighted by Crippen LogP contribution is -2.30. The molecule has 2 aromatic rings. The number of hydrogen-bond donors (Lipinski definition) is 1. The molecule has 0 saturated heterocycles. The first-order valence-electron chi connectivity index (χ1n) is 6.56. The number of benzene rings is 2. The summed E-state index contributed by atoms with van der Waals surface area (Å²) in [5.41, 5.74) is 1.32. The Kier molecular flexibility index (Phi) is 4.08. The van der Waals surface area contributed by atoms with Crippen LogP contribution >= 0.6 is 31.9 Å². The number of rotatable bonds is 3. The zero-order valence-electron chi connectivity index (χ0n) is 11.5. The highest BCUT2D eigenvalue weighted by atomic mass is 79.9. The summed E-state index contributed by atoms with van der Waals surface area (Å²) in [6.07, 6.45) is 0. The Balaban J connectivity index is 2.08.